The molecule has 1 rings (SSSR count). The van der Waals surface area contributed by atoms with Crippen LogP contribution in [0.5, 0.6) is 5.75 Å². The first kappa shape index (κ1) is 13.5. The van der Waals surface area contributed by atoms with E-state index in [-0.39, 0.29) is 5.91 Å². The Morgan fingerprint density at radius 3 is 2.65 bits per heavy atom. The Morgan fingerprint density at radius 2 is 2.06 bits per heavy atom. The molecule has 0 saturated carbocycles. The van der Waals surface area contributed by atoms with Gasteiger partial charge in [0.1, 0.15) is 5.75 Å². The van der Waals surface area contributed by atoms with Gasteiger partial charge in [-0.15, -0.1) is 0 Å². The average Bonchev–Trinajstić information content (AvgIpc) is 2.32. The zero-order chi connectivity index (χ0) is 12.5. The topological polar surface area (TPSA) is 64.3 Å². The number of nitrogens with two attached hydrogens (primary N) is 1. The van der Waals surface area contributed by atoms with Crippen LogP contribution >= 0.6 is 0 Å². The standard InChI is InChI=1S/C13H20N2O2/c1-2-15-13(16)8-10-17-12-5-3-11(4-6-12)7-9-14/h3-6H,2,7-10,14H2,1H3,(H,15,16). The minimum atomic E-state index is 0.0206. The molecule has 0 saturated heterocycles. The number of ether oxygens (including phenoxy) is 1. The van der Waals surface area contributed by atoms with Crippen molar-refractivity contribution in [3.05, 3.63) is 29.8 Å². The largest absolute Gasteiger partial charge is 0.493 e. The number of carbonyl (C=O) groups excluding carboxylic acids is 1. The van der Waals surface area contributed by atoms with Crippen LogP contribution in [0.25, 0.3) is 0 Å². The quantitative estimate of drug-likeness (QED) is 0.745. The van der Waals surface area contributed by atoms with E-state index in [1.54, 1.807) is 0 Å². The van der Waals surface area contributed by atoms with Crippen LogP contribution in [0.4, 0.5) is 0 Å². The van der Waals surface area contributed by atoms with Gasteiger partial charge in [0.15, 0.2) is 0 Å². The van der Waals surface area contributed by atoms with Gasteiger partial charge in [0, 0.05) is 6.54 Å². The van der Waals surface area contributed by atoms with Gasteiger partial charge in [-0.05, 0) is 37.6 Å². The number of nitrogens with one attached hydrogen (secondary N) is 1. The number of carbonyl (C=O) groups is 1. The first-order valence-corrected chi connectivity index (χ1v) is 5.94. The third-order valence-corrected chi connectivity index (χ3v) is 2.33. The summed E-state index contributed by atoms with van der Waals surface area (Å²) in [5.74, 6) is 0.808. The fourth-order valence-electron chi connectivity index (χ4n) is 1.47. The van der Waals surface area contributed by atoms with Crippen LogP contribution in [0.2, 0.25) is 0 Å². The molecule has 0 aliphatic carbocycles. The monoisotopic (exact) mass is 236 g/mol. The molecular formula is C13H20N2O2. The summed E-state index contributed by atoms with van der Waals surface area (Å²) in [5.41, 5.74) is 6.66. The van der Waals surface area contributed by atoms with Crippen molar-refractivity contribution in [2.24, 2.45) is 5.73 Å². The summed E-state index contributed by atoms with van der Waals surface area (Å²) >= 11 is 0. The maximum atomic E-state index is 11.2. The SMILES string of the molecule is CCNC(=O)CCOc1ccc(CCN)cc1. The lowest BCUT2D eigenvalue weighted by Crippen LogP contribution is -2.24. The molecule has 0 aromatic heterocycles. The van der Waals surface area contributed by atoms with Crippen molar-refractivity contribution in [3.8, 4) is 5.75 Å². The summed E-state index contributed by atoms with van der Waals surface area (Å²) in [6, 6.07) is 7.80. The highest BCUT2D eigenvalue weighted by Crippen LogP contribution is 2.12. The highest BCUT2D eigenvalue weighted by atomic mass is 16.5. The molecule has 17 heavy (non-hydrogen) atoms. The molecule has 0 aliphatic rings. The molecule has 0 unspecified atom stereocenters. The zero-order valence-corrected chi connectivity index (χ0v) is 10.2. The van der Waals surface area contributed by atoms with E-state index >= 15 is 0 Å². The Kier molecular flexibility index (Phi) is 6.10. The normalized spacial score (nSPS) is 10.0. The summed E-state index contributed by atoms with van der Waals surface area (Å²) in [4.78, 5) is 11.2. The van der Waals surface area contributed by atoms with Gasteiger partial charge in [-0.2, -0.15) is 0 Å². The molecule has 3 N–H and O–H groups in total. The van der Waals surface area contributed by atoms with Crippen molar-refractivity contribution in [1.29, 1.82) is 0 Å². The second-order valence-electron chi connectivity index (χ2n) is 3.73. The van der Waals surface area contributed by atoms with Crippen molar-refractivity contribution >= 4 is 5.91 Å². The molecule has 94 valence electrons. The van der Waals surface area contributed by atoms with Gasteiger partial charge in [0.05, 0.1) is 13.0 Å². The van der Waals surface area contributed by atoms with Gasteiger partial charge in [-0.3, -0.25) is 4.79 Å². The fraction of sp³-hybridized carbons (Fsp3) is 0.462. The van der Waals surface area contributed by atoms with Crippen LogP contribution in [0.15, 0.2) is 24.3 Å². The maximum absolute atomic E-state index is 11.2. The molecule has 1 aromatic carbocycles. The molecule has 0 aliphatic heterocycles. The van der Waals surface area contributed by atoms with E-state index < -0.39 is 0 Å². The minimum Gasteiger partial charge on any atom is -0.493 e. The van der Waals surface area contributed by atoms with E-state index in [0.29, 0.717) is 26.1 Å². The van der Waals surface area contributed by atoms with Crippen molar-refractivity contribution < 1.29 is 9.53 Å². The summed E-state index contributed by atoms with van der Waals surface area (Å²) < 4.78 is 5.46. The van der Waals surface area contributed by atoms with Crippen LogP contribution in [0.1, 0.15) is 18.9 Å². The Hall–Kier alpha value is -1.55. The van der Waals surface area contributed by atoms with E-state index in [1.807, 2.05) is 31.2 Å². The highest BCUT2D eigenvalue weighted by molar-refractivity contribution is 5.75. The molecule has 0 spiro atoms. The Bertz CT molecular complexity index is 336. The summed E-state index contributed by atoms with van der Waals surface area (Å²) in [5, 5.41) is 2.72. The van der Waals surface area contributed by atoms with E-state index in [9.17, 15) is 4.79 Å². The molecule has 0 heterocycles. The molecule has 0 radical (unpaired) electrons. The van der Waals surface area contributed by atoms with Crippen molar-refractivity contribution in [3.63, 3.8) is 0 Å². The Labute approximate surface area is 102 Å². The number of benzene rings is 1. The van der Waals surface area contributed by atoms with Crippen LogP contribution in [0, 0.1) is 0 Å². The number of hydrogen-bond donors (Lipinski definition) is 2. The van der Waals surface area contributed by atoms with Gasteiger partial charge in [-0.25, -0.2) is 0 Å². The third kappa shape index (κ3) is 5.36. The van der Waals surface area contributed by atoms with Crippen LogP contribution in [-0.2, 0) is 11.2 Å². The average molecular weight is 236 g/mol. The molecule has 0 bridgehead atoms. The van der Waals surface area contributed by atoms with Gasteiger partial charge in [0.25, 0.3) is 0 Å². The molecular weight excluding hydrogens is 216 g/mol. The lowest BCUT2D eigenvalue weighted by Gasteiger charge is -2.07. The number of amides is 1. The minimum absolute atomic E-state index is 0.0206. The molecule has 0 fully saturated rings. The molecule has 4 heteroatoms. The van der Waals surface area contributed by atoms with Gasteiger partial charge < -0.3 is 15.8 Å². The Morgan fingerprint density at radius 1 is 1.35 bits per heavy atom. The maximum Gasteiger partial charge on any atom is 0.223 e. The molecule has 1 amide bonds. The number of rotatable bonds is 7. The van der Waals surface area contributed by atoms with Crippen molar-refractivity contribution in [1.82, 2.24) is 5.32 Å². The predicted octanol–water partition coefficient (Wildman–Crippen LogP) is 1.09. The first-order valence-electron chi connectivity index (χ1n) is 5.94. The van der Waals surface area contributed by atoms with E-state index in [0.717, 1.165) is 12.2 Å². The summed E-state index contributed by atoms with van der Waals surface area (Å²) in [7, 11) is 0. The lowest BCUT2D eigenvalue weighted by molar-refractivity contribution is -0.121. The fourth-order valence-corrected chi connectivity index (χ4v) is 1.47. The van der Waals surface area contributed by atoms with Crippen LogP contribution in [-0.4, -0.2) is 25.6 Å². The van der Waals surface area contributed by atoms with Gasteiger partial charge in [-0.1, -0.05) is 12.1 Å². The smallest absolute Gasteiger partial charge is 0.223 e. The van der Waals surface area contributed by atoms with Crippen molar-refractivity contribution in [2.45, 2.75) is 19.8 Å². The second-order valence-corrected chi connectivity index (χ2v) is 3.73. The second kappa shape index (κ2) is 7.68. The number of hydrogen-bond acceptors (Lipinski definition) is 3. The van der Waals surface area contributed by atoms with Crippen LogP contribution < -0.4 is 15.8 Å². The predicted molar refractivity (Wildman–Crippen MR) is 68.0 cm³/mol. The molecule has 0 atom stereocenters. The summed E-state index contributed by atoms with van der Waals surface area (Å²) in [6.45, 7) is 3.61. The first-order chi connectivity index (χ1) is 8.26. The van der Waals surface area contributed by atoms with E-state index in [4.69, 9.17) is 10.5 Å². The Balaban J connectivity index is 2.29. The van der Waals surface area contributed by atoms with Gasteiger partial charge in [0.2, 0.25) is 5.91 Å². The molecule has 4 nitrogen and oxygen atoms in total. The highest BCUT2D eigenvalue weighted by Gasteiger charge is 2.00. The third-order valence-electron chi connectivity index (χ3n) is 2.33. The van der Waals surface area contributed by atoms with Crippen molar-refractivity contribution in [2.75, 3.05) is 19.7 Å². The zero-order valence-electron chi connectivity index (χ0n) is 10.2. The molecule has 1 aromatic rings. The summed E-state index contributed by atoms with van der Waals surface area (Å²) in [6.07, 6.45) is 1.26. The van der Waals surface area contributed by atoms with E-state index in [1.165, 1.54) is 5.56 Å². The van der Waals surface area contributed by atoms with E-state index in [2.05, 4.69) is 5.32 Å². The lowest BCUT2D eigenvalue weighted by atomic mass is 10.1. The van der Waals surface area contributed by atoms with Gasteiger partial charge >= 0.3 is 0 Å². The van der Waals surface area contributed by atoms with Crippen LogP contribution in [0.3, 0.4) is 0 Å².